The predicted octanol–water partition coefficient (Wildman–Crippen LogP) is 6.13. The van der Waals surface area contributed by atoms with Crippen molar-refractivity contribution in [2.45, 2.75) is 67.7 Å². The van der Waals surface area contributed by atoms with Gasteiger partial charge in [0.1, 0.15) is 22.9 Å². The zero-order valence-corrected chi connectivity index (χ0v) is 26.2. The van der Waals surface area contributed by atoms with Crippen LogP contribution >= 0.6 is 0 Å². The molecule has 8 nitrogen and oxygen atoms in total. The van der Waals surface area contributed by atoms with E-state index in [9.17, 15) is 18.3 Å². The van der Waals surface area contributed by atoms with Crippen LogP contribution in [0.25, 0.3) is 11.1 Å². The average molecular weight is 666 g/mol. The number of hydrogen-bond donors (Lipinski definition) is 2. The third-order valence-corrected chi connectivity index (χ3v) is 10.6. The minimum absolute atomic E-state index is 0.0444. The molecule has 2 bridgehead atoms. The van der Waals surface area contributed by atoms with E-state index in [1.165, 1.54) is 0 Å². The number of phenolic OH excluding ortho intramolecular Hbond substituents is 1. The Morgan fingerprint density at radius 2 is 1.58 bits per heavy atom. The van der Waals surface area contributed by atoms with E-state index in [1.807, 2.05) is 24.3 Å². The fraction of sp³-hybridized carbons (Fsp3) is 0.333. The van der Waals surface area contributed by atoms with Crippen LogP contribution in [0.3, 0.4) is 0 Å². The molecule has 2 aliphatic rings. The molecule has 2 heterocycles. The van der Waals surface area contributed by atoms with E-state index in [0.29, 0.717) is 12.1 Å². The van der Waals surface area contributed by atoms with Gasteiger partial charge in [-0.2, -0.15) is 8.42 Å². The van der Waals surface area contributed by atoms with E-state index in [4.69, 9.17) is 14.2 Å². The molecule has 0 radical (unpaired) electrons. The summed E-state index contributed by atoms with van der Waals surface area (Å²) in [4.78, 5) is 14.7. The number of aromatic hydroxyl groups is 1. The van der Waals surface area contributed by atoms with Crippen LogP contribution in [0.4, 0.5) is 5.69 Å². The molecule has 224 valence electrons. The van der Waals surface area contributed by atoms with Crippen molar-refractivity contribution in [3.8, 4) is 16.5 Å². The van der Waals surface area contributed by atoms with Gasteiger partial charge in [-0.25, -0.2) is 0 Å². The number of para-hydroxylation sites is 1. The van der Waals surface area contributed by atoms with Crippen molar-refractivity contribution in [2.24, 2.45) is 0 Å². The number of nitrogens with one attached hydrogen (secondary N) is 1. The van der Waals surface area contributed by atoms with Gasteiger partial charge < -0.3 is 14.0 Å². The molecule has 3 atom stereocenters. The van der Waals surface area contributed by atoms with Crippen molar-refractivity contribution >= 4 is 47.8 Å². The van der Waals surface area contributed by atoms with Crippen molar-refractivity contribution in [3.63, 3.8) is 0 Å². The number of ether oxygens (including phenoxy) is 1. The number of phenols is 1. The van der Waals surface area contributed by atoms with Gasteiger partial charge in [0.2, 0.25) is 0 Å². The first-order chi connectivity index (χ1) is 20.9. The first kappa shape index (κ1) is 30.8. The summed E-state index contributed by atoms with van der Waals surface area (Å²) in [7, 11) is -4.01. The molecule has 43 heavy (non-hydrogen) atoms. The van der Waals surface area contributed by atoms with E-state index >= 15 is 0 Å². The van der Waals surface area contributed by atoms with Crippen LogP contribution in [-0.2, 0) is 19.6 Å². The van der Waals surface area contributed by atoms with Crippen molar-refractivity contribution in [1.29, 1.82) is 5.26 Å². The summed E-state index contributed by atoms with van der Waals surface area (Å²) in [6.07, 6.45) is 4.57. The standard InChI is InChI=1S/C33H34N2O6SSe/c34-22-43-20-8-3-1-2-7-11-30(37)35-25-16-12-24(13-17-25)32-31(23-14-18-26(36)19-15-23)28-21-29(33(32)40-28)42(38,39)41-27-9-5-4-6-10-27/h4-6,9-10,12-19,28-29,33,36H,1-3,7-8,11,20-21H2,(H,35,37). The van der Waals surface area contributed by atoms with E-state index < -0.39 is 27.6 Å². The van der Waals surface area contributed by atoms with Crippen LogP contribution in [0, 0.1) is 10.2 Å². The van der Waals surface area contributed by atoms with Crippen molar-refractivity contribution in [3.05, 3.63) is 90.0 Å². The second kappa shape index (κ2) is 14.2. The number of benzene rings is 3. The molecule has 1 fully saturated rings. The quantitative estimate of drug-likeness (QED) is 0.121. The zero-order chi connectivity index (χ0) is 30.2. The molecule has 0 spiro atoms. The van der Waals surface area contributed by atoms with Gasteiger partial charge in [0, 0.05) is 6.42 Å². The second-order valence-corrected chi connectivity index (χ2v) is 14.3. The van der Waals surface area contributed by atoms with Gasteiger partial charge in [-0.1, -0.05) is 30.3 Å². The number of anilines is 1. The van der Waals surface area contributed by atoms with Gasteiger partial charge in [0.25, 0.3) is 0 Å². The Labute approximate surface area is 259 Å². The summed E-state index contributed by atoms with van der Waals surface area (Å²) < 4.78 is 38.6. The molecule has 0 aromatic heterocycles. The molecule has 3 aromatic carbocycles. The monoisotopic (exact) mass is 666 g/mol. The molecule has 3 aromatic rings. The van der Waals surface area contributed by atoms with Crippen molar-refractivity contribution < 1.29 is 27.2 Å². The molecular weight excluding hydrogens is 631 g/mol. The average Bonchev–Trinajstić information content (AvgIpc) is 3.60. The number of nitrogens with zero attached hydrogens (tertiary/aromatic N) is 1. The summed E-state index contributed by atoms with van der Waals surface area (Å²) in [6, 6.07) is 22.7. The summed E-state index contributed by atoms with van der Waals surface area (Å²) in [5.41, 5.74) is 3.97. The Morgan fingerprint density at radius 3 is 2.30 bits per heavy atom. The Hall–Kier alpha value is -3.61. The van der Waals surface area contributed by atoms with Gasteiger partial charge in [0.15, 0.2) is 0 Å². The van der Waals surface area contributed by atoms with Gasteiger partial charge in [-0.15, -0.1) is 0 Å². The molecule has 3 unspecified atom stereocenters. The van der Waals surface area contributed by atoms with Gasteiger partial charge in [0.05, 0.1) is 6.10 Å². The van der Waals surface area contributed by atoms with Crippen molar-refractivity contribution in [1.82, 2.24) is 0 Å². The van der Waals surface area contributed by atoms with Gasteiger partial charge in [-0.05, 0) is 46.5 Å². The van der Waals surface area contributed by atoms with Crippen LogP contribution in [0.15, 0.2) is 78.9 Å². The predicted molar refractivity (Wildman–Crippen MR) is 167 cm³/mol. The summed E-state index contributed by atoms with van der Waals surface area (Å²) in [5, 5.41) is 21.5. The SMILES string of the molecule is N#C[Se]CCCCCCCC(=O)Nc1ccc(C2=C(c3ccc(O)cc3)C3CC(S(=O)(=O)Oc4ccccc4)C2O3)cc1. The summed E-state index contributed by atoms with van der Waals surface area (Å²) >= 11 is 0.0969. The van der Waals surface area contributed by atoms with Crippen LogP contribution in [0.1, 0.15) is 56.1 Å². The Bertz CT molecular complexity index is 1590. The summed E-state index contributed by atoms with van der Waals surface area (Å²) in [5.74, 6) is 0.353. The fourth-order valence-corrected chi connectivity index (χ4v) is 8.00. The minimum atomic E-state index is -4.01. The molecule has 5 rings (SSSR count). The van der Waals surface area contributed by atoms with E-state index in [1.54, 1.807) is 54.6 Å². The Balaban J connectivity index is 1.29. The first-order valence-electron chi connectivity index (χ1n) is 14.4. The van der Waals surface area contributed by atoms with Crippen LogP contribution in [-0.4, -0.2) is 51.8 Å². The molecular formula is C33H34N2O6SSe. The molecule has 1 saturated heterocycles. The normalized spacial score (nSPS) is 19.3. The maximum atomic E-state index is 13.4. The topological polar surface area (TPSA) is 126 Å². The maximum absolute atomic E-state index is 13.4. The van der Waals surface area contributed by atoms with Gasteiger partial charge >= 0.3 is 125 Å². The third kappa shape index (κ3) is 7.67. The number of hydrogen-bond acceptors (Lipinski definition) is 7. The zero-order valence-electron chi connectivity index (χ0n) is 23.6. The van der Waals surface area contributed by atoms with Crippen LogP contribution < -0.4 is 9.50 Å². The van der Waals surface area contributed by atoms with Crippen LogP contribution in [0.2, 0.25) is 5.32 Å². The number of amides is 1. The molecule has 10 heteroatoms. The Morgan fingerprint density at radius 1 is 0.930 bits per heavy atom. The first-order valence-corrected chi connectivity index (χ1v) is 18.0. The van der Waals surface area contributed by atoms with E-state index in [2.05, 4.69) is 10.3 Å². The Kier molecular flexibility index (Phi) is 10.2. The number of fused-ring (bicyclic) bond motifs is 2. The second-order valence-electron chi connectivity index (χ2n) is 10.7. The number of nitriles is 1. The molecule has 0 saturated carbocycles. The number of unbranched alkanes of at least 4 members (excludes halogenated alkanes) is 4. The summed E-state index contributed by atoms with van der Waals surface area (Å²) in [6.45, 7) is 0. The fourth-order valence-electron chi connectivity index (χ4n) is 5.66. The van der Waals surface area contributed by atoms with E-state index in [-0.39, 0.29) is 38.8 Å². The molecule has 2 aliphatic heterocycles. The van der Waals surface area contributed by atoms with Crippen molar-refractivity contribution in [2.75, 3.05) is 5.32 Å². The number of carbonyl (C=O) groups is 1. The van der Waals surface area contributed by atoms with Gasteiger partial charge in [-0.3, -0.25) is 0 Å². The molecule has 0 aliphatic carbocycles. The van der Waals surface area contributed by atoms with E-state index in [0.717, 1.165) is 59.7 Å². The molecule has 2 N–H and O–H groups in total. The third-order valence-electron chi connectivity index (χ3n) is 7.69. The van der Waals surface area contributed by atoms with Crippen LogP contribution in [0.5, 0.6) is 11.5 Å². The number of carbonyl (C=O) groups excluding carboxylic acids is 1. The number of rotatable bonds is 14. The molecule has 1 amide bonds.